The second-order valence-corrected chi connectivity index (χ2v) is 8.07. The molecule has 1 saturated carbocycles. The third-order valence-corrected chi connectivity index (χ3v) is 6.24. The minimum absolute atomic E-state index is 0.0457. The number of benzene rings is 1. The van der Waals surface area contributed by atoms with Gasteiger partial charge in [-0.2, -0.15) is 0 Å². The molecule has 4 N–H and O–H groups in total. The van der Waals surface area contributed by atoms with Crippen molar-refractivity contribution >= 4 is 23.8 Å². The van der Waals surface area contributed by atoms with E-state index in [2.05, 4.69) is 20.2 Å². The Morgan fingerprint density at radius 1 is 1.20 bits per heavy atom. The van der Waals surface area contributed by atoms with Crippen LogP contribution in [0.5, 0.6) is 0 Å². The maximum atomic E-state index is 13.2. The Labute approximate surface area is 175 Å². The lowest BCUT2D eigenvalue weighted by Crippen LogP contribution is -2.49. The number of anilines is 1. The molecule has 2 aliphatic rings. The molecule has 1 saturated heterocycles. The van der Waals surface area contributed by atoms with E-state index in [-0.39, 0.29) is 35.4 Å². The normalized spacial score (nSPS) is 23.6. The molecular weight excluding hydrogens is 380 g/mol. The summed E-state index contributed by atoms with van der Waals surface area (Å²) in [5.41, 5.74) is 6.55. The fraction of sp³-hybridized carbons (Fsp3) is 0.409. The van der Waals surface area contributed by atoms with Crippen LogP contribution in [-0.2, 0) is 4.79 Å². The average Bonchev–Trinajstić information content (AvgIpc) is 3.03. The van der Waals surface area contributed by atoms with Crippen LogP contribution in [0.2, 0.25) is 0 Å². The number of hydrogen-bond donors (Lipinski definition) is 3. The summed E-state index contributed by atoms with van der Waals surface area (Å²) in [6.45, 7) is 1.43. The molecule has 3 unspecified atom stereocenters. The molecule has 8 nitrogen and oxygen atoms in total. The van der Waals surface area contributed by atoms with E-state index >= 15 is 0 Å². The summed E-state index contributed by atoms with van der Waals surface area (Å²) in [4.78, 5) is 35.0. The molecule has 30 heavy (non-hydrogen) atoms. The average molecular weight is 406 g/mol. The highest BCUT2D eigenvalue weighted by Crippen LogP contribution is 2.43. The van der Waals surface area contributed by atoms with Gasteiger partial charge in [-0.25, -0.2) is 9.97 Å². The lowest BCUT2D eigenvalue weighted by atomic mass is 9.84. The summed E-state index contributed by atoms with van der Waals surface area (Å²) in [7, 11) is 0. The summed E-state index contributed by atoms with van der Waals surface area (Å²) in [5, 5.41) is 10.7. The van der Waals surface area contributed by atoms with Gasteiger partial charge < -0.3 is 21.4 Å². The molecule has 1 aliphatic heterocycles. The first-order chi connectivity index (χ1) is 14.6. The van der Waals surface area contributed by atoms with E-state index in [1.165, 1.54) is 12.5 Å². The molecular formula is C22H26N6O2. The first kappa shape index (κ1) is 20.0. The number of carbonyl (C=O) groups is 2. The topological polar surface area (TPSA) is 125 Å². The molecule has 156 valence electrons. The molecule has 1 aliphatic carbocycles. The van der Waals surface area contributed by atoms with Crippen molar-refractivity contribution in [1.29, 1.82) is 5.41 Å². The highest BCUT2D eigenvalue weighted by molar-refractivity contribution is 5.91. The van der Waals surface area contributed by atoms with Crippen molar-refractivity contribution in [3.05, 3.63) is 54.0 Å². The number of nitrogens with two attached hydrogens (primary N) is 1. The van der Waals surface area contributed by atoms with E-state index in [1.54, 1.807) is 6.07 Å². The molecule has 0 radical (unpaired) electrons. The second kappa shape index (κ2) is 8.61. The largest absolute Gasteiger partial charge is 0.364 e. The number of nitrogens with zero attached hydrogens (tertiary/aromatic N) is 3. The zero-order valence-corrected chi connectivity index (χ0v) is 16.7. The fourth-order valence-corrected chi connectivity index (χ4v) is 4.84. The molecule has 2 amide bonds. The van der Waals surface area contributed by atoms with Gasteiger partial charge in [0.15, 0.2) is 0 Å². The minimum Gasteiger partial charge on any atom is -0.364 e. The Bertz CT molecular complexity index is 920. The van der Waals surface area contributed by atoms with Crippen molar-refractivity contribution in [2.24, 2.45) is 23.5 Å². The number of piperidine rings is 1. The van der Waals surface area contributed by atoms with Crippen LogP contribution in [0.1, 0.15) is 41.4 Å². The molecule has 8 heteroatoms. The number of amides is 2. The zero-order valence-electron chi connectivity index (χ0n) is 16.7. The SMILES string of the molecule is N=CCC(NC(=O)C1C2CCC1CN(c1cc(C(N)=O)ncn1)C2)c1ccccc1. The number of nitrogens with one attached hydrogen (secondary N) is 2. The van der Waals surface area contributed by atoms with Crippen LogP contribution in [-0.4, -0.2) is 41.1 Å². The number of primary amides is 1. The standard InChI is InChI=1S/C22H26N6O2/c23-9-8-17(14-4-2-1-3-5-14)27-22(30)20-15-6-7-16(20)12-28(11-15)19-10-18(21(24)29)25-13-26-19/h1-5,9-10,13,15-17,20,23H,6-8,11-12H2,(H2,24,29)(H,27,30). The van der Waals surface area contributed by atoms with Gasteiger partial charge in [0.1, 0.15) is 17.8 Å². The van der Waals surface area contributed by atoms with Gasteiger partial charge in [0.2, 0.25) is 5.91 Å². The number of fused-ring (bicyclic) bond motifs is 2. The summed E-state index contributed by atoms with van der Waals surface area (Å²) in [6.07, 6.45) is 5.17. The summed E-state index contributed by atoms with van der Waals surface area (Å²) in [6, 6.07) is 11.2. The van der Waals surface area contributed by atoms with E-state index in [1.807, 2.05) is 30.3 Å². The van der Waals surface area contributed by atoms with E-state index in [4.69, 9.17) is 11.1 Å². The van der Waals surface area contributed by atoms with Gasteiger partial charge in [-0.3, -0.25) is 9.59 Å². The van der Waals surface area contributed by atoms with Crippen molar-refractivity contribution in [1.82, 2.24) is 15.3 Å². The van der Waals surface area contributed by atoms with Crippen LogP contribution in [0.15, 0.2) is 42.7 Å². The van der Waals surface area contributed by atoms with Crippen LogP contribution < -0.4 is 16.0 Å². The molecule has 3 atom stereocenters. The van der Waals surface area contributed by atoms with Gasteiger partial charge in [-0.15, -0.1) is 0 Å². The van der Waals surface area contributed by atoms with E-state index in [0.717, 1.165) is 18.4 Å². The Hall–Kier alpha value is -3.29. The second-order valence-electron chi connectivity index (χ2n) is 8.07. The van der Waals surface area contributed by atoms with Gasteiger partial charge in [0.05, 0.1) is 6.04 Å². The summed E-state index contributed by atoms with van der Waals surface area (Å²) in [5.74, 6) is 0.586. The molecule has 2 heterocycles. The number of rotatable bonds is 7. The first-order valence-electron chi connectivity index (χ1n) is 10.3. The van der Waals surface area contributed by atoms with E-state index in [9.17, 15) is 9.59 Å². The Morgan fingerprint density at radius 3 is 2.53 bits per heavy atom. The summed E-state index contributed by atoms with van der Waals surface area (Å²) < 4.78 is 0. The van der Waals surface area contributed by atoms with Crippen molar-refractivity contribution < 1.29 is 9.59 Å². The lowest BCUT2D eigenvalue weighted by molar-refractivity contribution is -0.128. The number of carbonyl (C=O) groups excluding carboxylic acids is 2. The van der Waals surface area contributed by atoms with Crippen LogP contribution in [0.4, 0.5) is 5.82 Å². The highest BCUT2D eigenvalue weighted by atomic mass is 16.2. The van der Waals surface area contributed by atoms with Gasteiger partial charge in [-0.05, 0) is 36.5 Å². The quantitative estimate of drug-likeness (QED) is 0.606. The van der Waals surface area contributed by atoms with E-state index in [0.29, 0.717) is 25.3 Å². The molecule has 1 aromatic carbocycles. The van der Waals surface area contributed by atoms with Crippen molar-refractivity contribution in [2.45, 2.75) is 25.3 Å². The Morgan fingerprint density at radius 2 is 1.90 bits per heavy atom. The first-order valence-corrected chi connectivity index (χ1v) is 10.3. The van der Waals surface area contributed by atoms with Crippen LogP contribution in [0.25, 0.3) is 0 Å². The number of aromatic nitrogens is 2. The Kier molecular flexibility index (Phi) is 5.74. The third kappa shape index (κ3) is 4.03. The molecule has 2 bridgehead atoms. The van der Waals surface area contributed by atoms with Gasteiger partial charge in [0, 0.05) is 31.5 Å². The van der Waals surface area contributed by atoms with Crippen molar-refractivity contribution in [3.63, 3.8) is 0 Å². The van der Waals surface area contributed by atoms with Gasteiger partial charge in [-0.1, -0.05) is 30.3 Å². The maximum absolute atomic E-state index is 13.2. The van der Waals surface area contributed by atoms with Crippen LogP contribution >= 0.6 is 0 Å². The molecule has 2 fully saturated rings. The minimum atomic E-state index is -0.575. The maximum Gasteiger partial charge on any atom is 0.267 e. The predicted octanol–water partition coefficient (Wildman–Crippen LogP) is 1.94. The van der Waals surface area contributed by atoms with Crippen molar-refractivity contribution in [3.8, 4) is 0 Å². The monoisotopic (exact) mass is 406 g/mol. The van der Waals surface area contributed by atoms with Gasteiger partial charge in [0.25, 0.3) is 5.91 Å². The van der Waals surface area contributed by atoms with Crippen molar-refractivity contribution in [2.75, 3.05) is 18.0 Å². The lowest BCUT2D eigenvalue weighted by Gasteiger charge is -2.38. The fourth-order valence-electron chi connectivity index (χ4n) is 4.84. The molecule has 0 spiro atoms. The molecule has 4 rings (SSSR count). The third-order valence-electron chi connectivity index (χ3n) is 6.24. The van der Waals surface area contributed by atoms with E-state index < -0.39 is 5.91 Å². The number of hydrogen-bond acceptors (Lipinski definition) is 6. The summed E-state index contributed by atoms with van der Waals surface area (Å²) >= 11 is 0. The zero-order chi connectivity index (χ0) is 21.1. The van der Waals surface area contributed by atoms with Crippen LogP contribution in [0.3, 0.4) is 0 Å². The molecule has 2 aromatic rings. The smallest absolute Gasteiger partial charge is 0.267 e. The van der Waals surface area contributed by atoms with Gasteiger partial charge >= 0.3 is 0 Å². The predicted molar refractivity (Wildman–Crippen MR) is 113 cm³/mol. The van der Waals surface area contributed by atoms with Crippen LogP contribution in [0, 0.1) is 23.2 Å². The molecule has 1 aromatic heterocycles. The Balaban J connectivity index is 1.47. The highest BCUT2D eigenvalue weighted by Gasteiger charge is 2.46.